The van der Waals surface area contributed by atoms with Gasteiger partial charge in [0, 0.05) is 24.1 Å². The summed E-state index contributed by atoms with van der Waals surface area (Å²) in [6.45, 7) is 1.94. The summed E-state index contributed by atoms with van der Waals surface area (Å²) in [5.74, 6) is 0. The number of aliphatic hydroxyl groups is 1. The Balaban J connectivity index is 2.00. The lowest BCUT2D eigenvalue weighted by atomic mass is 10.0. The van der Waals surface area contributed by atoms with Crippen molar-refractivity contribution < 1.29 is 5.11 Å². The summed E-state index contributed by atoms with van der Waals surface area (Å²) < 4.78 is 4.47. The van der Waals surface area contributed by atoms with Gasteiger partial charge in [-0.2, -0.15) is 0 Å². The molecule has 15 heavy (non-hydrogen) atoms. The number of hydrogen-bond donors (Lipinski definition) is 1. The molecule has 1 aliphatic rings. The van der Waals surface area contributed by atoms with E-state index >= 15 is 0 Å². The van der Waals surface area contributed by atoms with Crippen LogP contribution in [0.4, 0.5) is 0 Å². The molecule has 84 valence electrons. The van der Waals surface area contributed by atoms with E-state index < -0.39 is 0 Å². The lowest BCUT2D eigenvalue weighted by molar-refractivity contribution is 0.0831. The Bertz CT molecular complexity index is 320. The van der Waals surface area contributed by atoms with Gasteiger partial charge in [-0.05, 0) is 19.4 Å². The third-order valence-corrected chi connectivity index (χ3v) is 3.81. The maximum absolute atomic E-state index is 9.25. The average molecular weight is 248 g/mol. The number of nitrogens with zero attached hydrogens (tertiary/aromatic N) is 3. The van der Waals surface area contributed by atoms with Crippen LogP contribution in [0.3, 0.4) is 0 Å². The van der Waals surface area contributed by atoms with Crippen LogP contribution in [-0.2, 0) is 6.54 Å². The fourth-order valence-corrected chi connectivity index (χ4v) is 2.57. The van der Waals surface area contributed by atoms with Crippen LogP contribution in [0.15, 0.2) is 0 Å². The van der Waals surface area contributed by atoms with Crippen LogP contribution in [0.2, 0.25) is 4.34 Å². The van der Waals surface area contributed by atoms with E-state index in [0.29, 0.717) is 10.9 Å². The molecule has 1 aliphatic heterocycles. The molecule has 4 nitrogen and oxygen atoms in total. The van der Waals surface area contributed by atoms with Gasteiger partial charge in [0.15, 0.2) is 0 Å². The maximum Gasteiger partial charge on any atom is 0.138 e. The fraction of sp³-hybridized carbons (Fsp3) is 0.778. The zero-order chi connectivity index (χ0) is 10.7. The summed E-state index contributed by atoms with van der Waals surface area (Å²) in [5.41, 5.74) is 0.835. The van der Waals surface area contributed by atoms with Crippen molar-refractivity contribution in [3.63, 3.8) is 0 Å². The number of hydrogen-bond acceptors (Lipinski definition) is 5. The van der Waals surface area contributed by atoms with E-state index in [1.807, 2.05) is 0 Å². The molecule has 1 aromatic heterocycles. The molecule has 0 aliphatic carbocycles. The van der Waals surface area contributed by atoms with Crippen molar-refractivity contribution in [2.45, 2.75) is 31.8 Å². The molecule has 1 N–H and O–H groups in total. The Labute approximate surface area is 98.0 Å². The SMILES string of the molecule is OCC1CCCCN1Cc1nnsc1Cl. The highest BCUT2D eigenvalue weighted by Gasteiger charge is 2.23. The highest BCUT2D eigenvalue weighted by molar-refractivity contribution is 7.10. The third kappa shape index (κ3) is 2.66. The first-order valence-electron chi connectivity index (χ1n) is 5.13. The minimum Gasteiger partial charge on any atom is -0.395 e. The number of rotatable bonds is 3. The van der Waals surface area contributed by atoms with Gasteiger partial charge in [0.25, 0.3) is 0 Å². The van der Waals surface area contributed by atoms with Crippen molar-refractivity contribution in [1.29, 1.82) is 0 Å². The van der Waals surface area contributed by atoms with Gasteiger partial charge in [-0.25, -0.2) is 0 Å². The predicted molar refractivity (Wildman–Crippen MR) is 60.1 cm³/mol. The van der Waals surface area contributed by atoms with Crippen LogP contribution in [0.25, 0.3) is 0 Å². The second-order valence-electron chi connectivity index (χ2n) is 3.80. The first-order valence-corrected chi connectivity index (χ1v) is 6.28. The molecule has 6 heteroatoms. The minimum absolute atomic E-state index is 0.217. The zero-order valence-corrected chi connectivity index (χ0v) is 9.97. The first-order chi connectivity index (χ1) is 7.31. The van der Waals surface area contributed by atoms with Gasteiger partial charge >= 0.3 is 0 Å². The summed E-state index contributed by atoms with van der Waals surface area (Å²) in [7, 11) is 0. The Hall–Kier alpha value is -0.230. The fourth-order valence-electron chi connectivity index (χ4n) is 1.96. The van der Waals surface area contributed by atoms with Crippen LogP contribution in [0, 0.1) is 0 Å². The van der Waals surface area contributed by atoms with Gasteiger partial charge in [-0.1, -0.05) is 22.5 Å². The van der Waals surface area contributed by atoms with E-state index in [1.165, 1.54) is 24.4 Å². The van der Waals surface area contributed by atoms with Gasteiger partial charge < -0.3 is 5.11 Å². The third-order valence-electron chi connectivity index (χ3n) is 2.82. The zero-order valence-electron chi connectivity index (χ0n) is 8.40. The Morgan fingerprint density at radius 1 is 1.53 bits per heavy atom. The van der Waals surface area contributed by atoms with Crippen molar-refractivity contribution in [3.05, 3.63) is 10.0 Å². The van der Waals surface area contributed by atoms with Crippen LogP contribution in [-0.4, -0.2) is 38.8 Å². The number of likely N-dealkylation sites (tertiary alicyclic amines) is 1. The normalized spacial score (nSPS) is 23.2. The molecule has 1 atom stereocenters. The molecule has 1 unspecified atom stereocenters. The lowest BCUT2D eigenvalue weighted by Crippen LogP contribution is -2.41. The van der Waals surface area contributed by atoms with Gasteiger partial charge in [0.05, 0.1) is 6.61 Å². The lowest BCUT2D eigenvalue weighted by Gasteiger charge is -2.33. The summed E-state index contributed by atoms with van der Waals surface area (Å²) in [6.07, 6.45) is 3.45. The van der Waals surface area contributed by atoms with E-state index in [-0.39, 0.29) is 12.6 Å². The average Bonchev–Trinajstić information content (AvgIpc) is 2.65. The van der Waals surface area contributed by atoms with Crippen molar-refractivity contribution in [2.24, 2.45) is 0 Å². The maximum atomic E-state index is 9.25. The van der Waals surface area contributed by atoms with Crippen molar-refractivity contribution >= 4 is 23.1 Å². The van der Waals surface area contributed by atoms with Crippen molar-refractivity contribution in [1.82, 2.24) is 14.5 Å². The van der Waals surface area contributed by atoms with Crippen LogP contribution < -0.4 is 0 Å². The van der Waals surface area contributed by atoms with Gasteiger partial charge in [-0.3, -0.25) is 4.90 Å². The number of aromatic nitrogens is 2. The molecule has 2 rings (SSSR count). The number of aliphatic hydroxyl groups excluding tert-OH is 1. The molecule has 0 bridgehead atoms. The molecule has 0 saturated carbocycles. The standard InChI is InChI=1S/C9H14ClN3OS/c10-9-8(11-12-15-9)5-13-4-2-1-3-7(13)6-14/h7,14H,1-6H2. The molecule has 1 aromatic rings. The molecule has 1 fully saturated rings. The van der Waals surface area contributed by atoms with Gasteiger partial charge in [0.1, 0.15) is 10.0 Å². The molecule has 0 spiro atoms. The summed E-state index contributed by atoms with van der Waals surface area (Å²) >= 11 is 7.17. The van der Waals surface area contributed by atoms with E-state index in [1.54, 1.807) is 0 Å². The topological polar surface area (TPSA) is 49.2 Å². The molecule has 0 radical (unpaired) electrons. The van der Waals surface area contributed by atoms with Gasteiger partial charge in [-0.15, -0.1) is 5.10 Å². The van der Waals surface area contributed by atoms with E-state index in [0.717, 1.165) is 18.7 Å². The van der Waals surface area contributed by atoms with Crippen LogP contribution >= 0.6 is 23.1 Å². The molecule has 2 heterocycles. The smallest absolute Gasteiger partial charge is 0.138 e. The number of piperidine rings is 1. The Morgan fingerprint density at radius 2 is 2.40 bits per heavy atom. The van der Waals surface area contributed by atoms with Crippen LogP contribution in [0.5, 0.6) is 0 Å². The monoisotopic (exact) mass is 247 g/mol. The van der Waals surface area contributed by atoms with E-state index in [2.05, 4.69) is 14.5 Å². The molecule has 1 saturated heterocycles. The summed E-state index contributed by atoms with van der Waals surface area (Å²) in [4.78, 5) is 2.24. The largest absolute Gasteiger partial charge is 0.395 e. The minimum atomic E-state index is 0.217. The second kappa shape index (κ2) is 5.21. The van der Waals surface area contributed by atoms with Crippen molar-refractivity contribution in [2.75, 3.05) is 13.2 Å². The molecular weight excluding hydrogens is 234 g/mol. The molecule has 0 aromatic carbocycles. The quantitative estimate of drug-likeness (QED) is 0.880. The van der Waals surface area contributed by atoms with Gasteiger partial charge in [0.2, 0.25) is 0 Å². The summed E-state index contributed by atoms with van der Waals surface area (Å²) in [6, 6.07) is 0.261. The Morgan fingerprint density at radius 3 is 3.07 bits per heavy atom. The Kier molecular flexibility index (Phi) is 3.91. The number of halogens is 1. The second-order valence-corrected chi connectivity index (χ2v) is 5.15. The van der Waals surface area contributed by atoms with E-state index in [4.69, 9.17) is 11.6 Å². The highest BCUT2D eigenvalue weighted by atomic mass is 35.5. The van der Waals surface area contributed by atoms with Crippen molar-refractivity contribution in [3.8, 4) is 0 Å². The molecular formula is C9H14ClN3OS. The summed E-state index contributed by atoms with van der Waals surface area (Å²) in [5, 5.41) is 13.2. The highest BCUT2D eigenvalue weighted by Crippen LogP contribution is 2.23. The van der Waals surface area contributed by atoms with Crippen LogP contribution in [0.1, 0.15) is 25.0 Å². The predicted octanol–water partition coefficient (Wildman–Crippen LogP) is 1.54. The first kappa shape index (κ1) is 11.3. The van der Waals surface area contributed by atoms with E-state index in [9.17, 15) is 5.11 Å². The molecule has 0 amide bonds.